The van der Waals surface area contributed by atoms with E-state index in [0.717, 1.165) is 205 Å². The lowest BCUT2D eigenvalue weighted by molar-refractivity contribution is -0.117. The van der Waals surface area contributed by atoms with Crippen molar-refractivity contribution in [3.05, 3.63) is 165 Å². The van der Waals surface area contributed by atoms with Gasteiger partial charge in [0.2, 0.25) is 17.7 Å². The van der Waals surface area contributed by atoms with E-state index in [9.17, 15) is 14.4 Å². The van der Waals surface area contributed by atoms with Crippen molar-refractivity contribution >= 4 is 86.2 Å². The van der Waals surface area contributed by atoms with Gasteiger partial charge in [-0.05, 0) is 165 Å². The zero-order chi connectivity index (χ0) is 65.7. The first-order valence-electron chi connectivity index (χ1n) is 33.0. The van der Waals surface area contributed by atoms with Gasteiger partial charge in [0, 0.05) is 76.0 Å². The average Bonchev–Trinajstić information content (AvgIpc) is 1.66. The van der Waals surface area contributed by atoms with Crippen LogP contribution in [0.5, 0.6) is 0 Å². The zero-order valence-electron chi connectivity index (χ0n) is 53.7. The number of carbonyl (C=O) groups excluding carboxylic acids is 3. The molecule has 0 aromatic carbocycles. The number of hydrogen-bond donors (Lipinski definition) is 6. The summed E-state index contributed by atoms with van der Waals surface area (Å²) in [7, 11) is 0. The van der Waals surface area contributed by atoms with Crippen LogP contribution in [-0.4, -0.2) is 174 Å². The molecule has 0 bridgehead atoms. The topological polar surface area (TPSA) is 290 Å². The van der Waals surface area contributed by atoms with Crippen LogP contribution >= 0.6 is 0 Å². The van der Waals surface area contributed by atoms with E-state index >= 15 is 0 Å². The summed E-state index contributed by atoms with van der Waals surface area (Å²) >= 11 is 0. The van der Waals surface area contributed by atoms with E-state index in [-0.39, 0.29) is 35.8 Å². The molecule has 0 spiro atoms. The normalized spacial score (nSPS) is 20.9. The Balaban J connectivity index is 0.000000130. The Morgan fingerprint density at radius 1 is 0.406 bits per heavy atom. The number of anilines is 9. The molecule has 6 N–H and O–H groups in total. The fraction of sp³-hybridized carbons (Fsp3) is 0.391. The lowest BCUT2D eigenvalue weighted by Crippen LogP contribution is -2.36. The molecule has 12 heterocycles. The van der Waals surface area contributed by atoms with E-state index in [1.807, 2.05) is 55.4 Å². The highest BCUT2D eigenvalue weighted by molar-refractivity contribution is 5.88. The first-order chi connectivity index (χ1) is 47.1. The van der Waals surface area contributed by atoms with E-state index in [0.29, 0.717) is 17.8 Å². The van der Waals surface area contributed by atoms with Crippen LogP contribution < -0.4 is 46.6 Å². The Morgan fingerprint density at radius 3 is 0.958 bits per heavy atom. The van der Waals surface area contributed by atoms with Crippen molar-refractivity contribution in [2.24, 2.45) is 0 Å². The number of pyridine rings is 6. The first kappa shape index (κ1) is 64.3. The average molecular weight is 1300 g/mol. The van der Waals surface area contributed by atoms with Gasteiger partial charge in [0.1, 0.15) is 36.4 Å². The predicted octanol–water partition coefficient (Wildman–Crippen LogP) is 7.93. The summed E-state index contributed by atoms with van der Waals surface area (Å²) in [6, 6.07) is 19.1. The summed E-state index contributed by atoms with van der Waals surface area (Å²) in [6.07, 6.45) is 29.0. The van der Waals surface area contributed by atoms with Crippen molar-refractivity contribution in [2.45, 2.75) is 93.7 Å². The highest BCUT2D eigenvalue weighted by Gasteiger charge is 2.31. The Hall–Kier alpha value is -10.4. The number of ether oxygens (including phenoxy) is 3. The number of morpholine rings is 3. The standard InChI is InChI=1S/3C23H27N7O2/c3*1-2-22(31)27-18-4-3-16(11-18)17-12-20(23-25-15-26-30(23)14-17)28-21-6-5-19(13-24-21)29-7-9-32-10-8-29/h3*2,5-6,12-16,18H,1,3-4,7-11H2,(H,24,28)(H,27,31)/t2*16-,18+;/m10./s1. The van der Waals surface area contributed by atoms with Gasteiger partial charge >= 0.3 is 0 Å². The number of carbonyl (C=O) groups is 3. The molecule has 9 aromatic heterocycles. The maximum Gasteiger partial charge on any atom is 0.243 e. The van der Waals surface area contributed by atoms with Gasteiger partial charge in [-0.2, -0.15) is 15.3 Å². The van der Waals surface area contributed by atoms with E-state index in [2.05, 4.69) is 148 Å². The monoisotopic (exact) mass is 1300 g/mol. The van der Waals surface area contributed by atoms with Crippen LogP contribution in [0.4, 0.5) is 51.6 Å². The van der Waals surface area contributed by atoms with Gasteiger partial charge < -0.3 is 60.8 Å². The van der Waals surface area contributed by atoms with Crippen LogP contribution in [0.3, 0.4) is 0 Å². The third kappa shape index (κ3) is 15.7. The van der Waals surface area contributed by atoms with Gasteiger partial charge in [0.25, 0.3) is 0 Å². The van der Waals surface area contributed by atoms with E-state index < -0.39 is 0 Å². The number of rotatable bonds is 18. The fourth-order valence-corrected chi connectivity index (χ4v) is 13.6. The van der Waals surface area contributed by atoms with Crippen molar-refractivity contribution in [2.75, 3.05) is 110 Å². The summed E-state index contributed by atoms with van der Waals surface area (Å²) in [4.78, 5) is 68.9. The Kier molecular flexibility index (Phi) is 20.3. The van der Waals surface area contributed by atoms with Crippen LogP contribution in [0.2, 0.25) is 0 Å². The maximum absolute atomic E-state index is 11.7. The Labute approximate surface area is 555 Å². The van der Waals surface area contributed by atoms with Crippen LogP contribution in [0.25, 0.3) is 16.9 Å². The molecule has 6 atom stereocenters. The molecule has 3 saturated heterocycles. The molecular weight excluding hydrogens is 1220 g/mol. The molecule has 2 unspecified atom stereocenters. The number of nitrogens with one attached hydrogen (secondary N) is 6. The number of amides is 3. The van der Waals surface area contributed by atoms with Gasteiger partial charge in [-0.3, -0.25) is 14.4 Å². The predicted molar refractivity (Wildman–Crippen MR) is 367 cm³/mol. The zero-order valence-corrected chi connectivity index (χ0v) is 53.7. The number of hydrogen-bond acceptors (Lipinski definition) is 21. The van der Waals surface area contributed by atoms with Crippen LogP contribution in [0.1, 0.15) is 92.2 Å². The number of fused-ring (bicyclic) bond motifs is 3. The van der Waals surface area contributed by atoms with Gasteiger partial charge in [0.15, 0.2) is 16.9 Å². The smallest absolute Gasteiger partial charge is 0.243 e. The van der Waals surface area contributed by atoms with Crippen LogP contribution in [-0.2, 0) is 28.6 Å². The molecule has 3 amide bonds. The quantitative estimate of drug-likeness (QED) is 0.0445. The molecule has 3 aliphatic carbocycles. The minimum absolute atomic E-state index is 0.115. The number of nitrogens with zero attached hydrogens (tertiary/aromatic N) is 15. The van der Waals surface area contributed by atoms with Crippen molar-refractivity contribution in [3.63, 3.8) is 0 Å². The van der Waals surface area contributed by atoms with Gasteiger partial charge in [0.05, 0.1) is 92.4 Å². The van der Waals surface area contributed by atoms with E-state index in [4.69, 9.17) is 14.2 Å². The second-order valence-electron chi connectivity index (χ2n) is 24.8. The Bertz CT molecular complexity index is 3740. The summed E-state index contributed by atoms with van der Waals surface area (Å²) < 4.78 is 21.7. The van der Waals surface area contributed by atoms with Crippen molar-refractivity contribution < 1.29 is 28.6 Å². The minimum atomic E-state index is -0.115. The molecule has 27 nitrogen and oxygen atoms in total. The molecule has 15 rings (SSSR count). The summed E-state index contributed by atoms with van der Waals surface area (Å²) in [5, 5.41) is 32.4. The van der Waals surface area contributed by atoms with E-state index in [1.165, 1.54) is 34.9 Å². The fourth-order valence-electron chi connectivity index (χ4n) is 13.6. The molecule has 96 heavy (non-hydrogen) atoms. The second-order valence-corrected chi connectivity index (χ2v) is 24.8. The minimum Gasteiger partial charge on any atom is -0.378 e. The maximum atomic E-state index is 11.7. The molecule has 6 fully saturated rings. The third-order valence-electron chi connectivity index (χ3n) is 18.7. The molecule has 27 heteroatoms. The van der Waals surface area contributed by atoms with Crippen LogP contribution in [0, 0.1) is 0 Å². The van der Waals surface area contributed by atoms with Crippen molar-refractivity contribution in [1.82, 2.24) is 74.7 Å². The molecular formula is C69H81N21O6. The molecule has 9 aromatic rings. The van der Waals surface area contributed by atoms with Crippen molar-refractivity contribution in [1.29, 1.82) is 0 Å². The SMILES string of the molecule is C=CC(=O)NC1CCC(c2cc(Nc3ccc(N4CCOCC4)cn3)c3ncnn3c2)C1.C=CC(=O)N[C@@H]1CC[C@H](c2cc(Nc3ccc(N4CCOCC4)cn3)c3ncnn3c2)C1.C=CC(=O)N[C@H]1CC[C@@H](c2cc(Nc3ccc(N4CCOCC4)cn3)c3ncnn3c2)C1. The first-order valence-corrected chi connectivity index (χ1v) is 33.0. The van der Waals surface area contributed by atoms with Gasteiger partial charge in [-0.25, -0.2) is 43.5 Å². The molecule has 3 saturated carbocycles. The Morgan fingerprint density at radius 2 is 0.698 bits per heavy atom. The lowest BCUT2D eigenvalue weighted by Gasteiger charge is -2.28. The summed E-state index contributed by atoms with van der Waals surface area (Å²) in [5.74, 6) is 2.96. The second kappa shape index (κ2) is 30.4. The molecule has 0 radical (unpaired) electrons. The summed E-state index contributed by atoms with van der Waals surface area (Å²) in [5.41, 5.74) is 11.7. The highest BCUT2D eigenvalue weighted by Crippen LogP contribution is 2.40. The third-order valence-corrected chi connectivity index (χ3v) is 18.7. The van der Waals surface area contributed by atoms with E-state index in [1.54, 1.807) is 32.5 Å². The van der Waals surface area contributed by atoms with Gasteiger partial charge in [-0.15, -0.1) is 0 Å². The summed E-state index contributed by atoms with van der Waals surface area (Å²) in [6.45, 7) is 20.4. The number of aromatic nitrogens is 12. The van der Waals surface area contributed by atoms with Crippen molar-refractivity contribution in [3.8, 4) is 0 Å². The molecule has 6 aliphatic rings. The van der Waals surface area contributed by atoms with Gasteiger partial charge in [-0.1, -0.05) is 19.7 Å². The lowest BCUT2D eigenvalue weighted by atomic mass is 9.98. The largest absolute Gasteiger partial charge is 0.378 e. The molecule has 498 valence electrons. The van der Waals surface area contributed by atoms with Crippen LogP contribution in [0.15, 0.2) is 149 Å². The molecule has 3 aliphatic heterocycles. The highest BCUT2D eigenvalue weighted by atomic mass is 16.5.